The Morgan fingerprint density at radius 2 is 1.96 bits per heavy atom. The van der Waals surface area contributed by atoms with Gasteiger partial charge in [0.1, 0.15) is 6.33 Å². The van der Waals surface area contributed by atoms with Crippen LogP contribution in [0.5, 0.6) is 0 Å². The highest BCUT2D eigenvalue weighted by molar-refractivity contribution is 5.79. The Labute approximate surface area is 151 Å². The molecule has 1 aromatic carbocycles. The molecule has 2 fully saturated rings. The van der Waals surface area contributed by atoms with Gasteiger partial charge < -0.3 is 10.2 Å². The molecule has 1 aliphatic carbocycles. The molecule has 136 valence electrons. The monoisotopic (exact) mass is 354 g/mol. The van der Waals surface area contributed by atoms with Crippen molar-refractivity contribution in [1.82, 2.24) is 30.4 Å². The number of nitrogens with zero attached hydrogens (tertiary/aromatic N) is 5. The first-order chi connectivity index (χ1) is 12.6. The van der Waals surface area contributed by atoms with Gasteiger partial charge in [-0.2, -0.15) is 0 Å². The summed E-state index contributed by atoms with van der Waals surface area (Å²) in [6, 6.07) is 7.66. The number of hydrogen-bond donors (Lipinski definition) is 1. The fraction of sp³-hybridized carbons (Fsp3) is 0.500. The molecule has 0 unspecified atom stereocenters. The molecule has 0 spiro atoms. The molecule has 0 bridgehead atoms. The van der Waals surface area contributed by atoms with E-state index in [0.717, 1.165) is 17.8 Å². The second-order valence-corrected chi connectivity index (χ2v) is 7.20. The Bertz CT molecular complexity index is 785. The minimum atomic E-state index is 0.00113. The lowest BCUT2D eigenvalue weighted by atomic mass is 9.98. The van der Waals surface area contributed by atoms with Gasteiger partial charge in [0, 0.05) is 25.9 Å². The zero-order valence-electron chi connectivity index (χ0n) is 14.7. The summed E-state index contributed by atoms with van der Waals surface area (Å²) < 4.78 is 1.57. The van der Waals surface area contributed by atoms with Crippen molar-refractivity contribution in [1.29, 1.82) is 0 Å². The molecule has 0 radical (unpaired) electrons. The molecule has 1 aliphatic heterocycles. The molecule has 26 heavy (non-hydrogen) atoms. The third-order valence-electron chi connectivity index (χ3n) is 5.30. The van der Waals surface area contributed by atoms with Crippen molar-refractivity contribution in [3.8, 4) is 5.69 Å². The number of aromatic nitrogens is 4. The molecular weight excluding hydrogens is 332 g/mol. The van der Waals surface area contributed by atoms with Crippen LogP contribution in [0.4, 0.5) is 0 Å². The molecule has 4 rings (SSSR count). The van der Waals surface area contributed by atoms with Gasteiger partial charge in [0.15, 0.2) is 0 Å². The van der Waals surface area contributed by atoms with Crippen LogP contribution < -0.4 is 5.32 Å². The van der Waals surface area contributed by atoms with Crippen molar-refractivity contribution < 1.29 is 9.59 Å². The van der Waals surface area contributed by atoms with Gasteiger partial charge in [-0.15, -0.1) is 5.10 Å². The van der Waals surface area contributed by atoms with Gasteiger partial charge in [-0.05, 0) is 46.9 Å². The maximum atomic E-state index is 12.5. The first kappa shape index (κ1) is 16.7. The number of amides is 2. The fourth-order valence-corrected chi connectivity index (χ4v) is 3.73. The number of carbonyl (C=O) groups is 2. The second kappa shape index (κ2) is 6.86. The quantitative estimate of drug-likeness (QED) is 0.848. The average molecular weight is 354 g/mol. The molecular formula is C18H22N6O2. The predicted molar refractivity (Wildman–Crippen MR) is 93.3 cm³/mol. The molecule has 1 saturated heterocycles. The van der Waals surface area contributed by atoms with E-state index in [0.29, 0.717) is 24.8 Å². The molecule has 1 saturated carbocycles. The smallest absolute Gasteiger partial charge is 0.224 e. The SMILES string of the molecule is CC(=O)N1C[C@@H](NC(=O)Cc2ccc(-n3cnnn3)cc2)[C@H](C2CC2)C1. The number of likely N-dealkylation sites (tertiary alicyclic amines) is 1. The van der Waals surface area contributed by atoms with E-state index in [-0.39, 0.29) is 17.9 Å². The van der Waals surface area contributed by atoms with Gasteiger partial charge in [-0.3, -0.25) is 9.59 Å². The molecule has 2 aliphatic rings. The van der Waals surface area contributed by atoms with E-state index < -0.39 is 0 Å². The third-order valence-corrected chi connectivity index (χ3v) is 5.30. The Kier molecular flexibility index (Phi) is 4.40. The van der Waals surface area contributed by atoms with Crippen LogP contribution in [0.25, 0.3) is 5.69 Å². The van der Waals surface area contributed by atoms with E-state index >= 15 is 0 Å². The second-order valence-electron chi connectivity index (χ2n) is 7.20. The van der Waals surface area contributed by atoms with Crippen molar-refractivity contribution in [2.45, 2.75) is 32.2 Å². The maximum Gasteiger partial charge on any atom is 0.224 e. The molecule has 2 amide bonds. The van der Waals surface area contributed by atoms with Crippen LogP contribution in [-0.4, -0.2) is 56.1 Å². The van der Waals surface area contributed by atoms with Gasteiger partial charge in [0.05, 0.1) is 18.2 Å². The Hall–Kier alpha value is -2.77. The van der Waals surface area contributed by atoms with Crippen molar-refractivity contribution >= 4 is 11.8 Å². The van der Waals surface area contributed by atoms with Crippen LogP contribution >= 0.6 is 0 Å². The van der Waals surface area contributed by atoms with E-state index in [2.05, 4.69) is 20.8 Å². The first-order valence-electron chi connectivity index (χ1n) is 8.97. The lowest BCUT2D eigenvalue weighted by molar-refractivity contribution is -0.128. The summed E-state index contributed by atoms with van der Waals surface area (Å²) in [5.74, 6) is 1.14. The molecule has 8 nitrogen and oxygen atoms in total. The number of tetrazole rings is 1. The van der Waals surface area contributed by atoms with Gasteiger partial charge in [0.25, 0.3) is 0 Å². The van der Waals surface area contributed by atoms with Crippen molar-refractivity contribution in [3.05, 3.63) is 36.2 Å². The van der Waals surface area contributed by atoms with Crippen LogP contribution in [0.15, 0.2) is 30.6 Å². The van der Waals surface area contributed by atoms with E-state index in [9.17, 15) is 9.59 Å². The summed E-state index contributed by atoms with van der Waals surface area (Å²) in [7, 11) is 0. The van der Waals surface area contributed by atoms with E-state index in [1.807, 2.05) is 29.2 Å². The summed E-state index contributed by atoms with van der Waals surface area (Å²) >= 11 is 0. The standard InChI is InChI=1S/C18H22N6O2/c1-12(25)23-9-16(14-4-5-14)17(10-23)20-18(26)8-13-2-6-15(7-3-13)24-11-19-21-22-24/h2-3,6-7,11,14,16-17H,4-5,8-10H2,1H3,(H,20,26)/t16-,17+/m0/s1. The first-order valence-corrected chi connectivity index (χ1v) is 8.97. The molecule has 1 N–H and O–H groups in total. The fourth-order valence-electron chi connectivity index (χ4n) is 3.73. The average Bonchev–Trinajstić information content (AvgIpc) is 3.15. The molecule has 2 heterocycles. The lowest BCUT2D eigenvalue weighted by Crippen LogP contribution is -2.42. The normalized spacial score (nSPS) is 22.4. The molecule has 2 aromatic rings. The zero-order chi connectivity index (χ0) is 18.1. The van der Waals surface area contributed by atoms with E-state index in [4.69, 9.17) is 0 Å². The van der Waals surface area contributed by atoms with Crippen molar-refractivity contribution in [2.75, 3.05) is 13.1 Å². The van der Waals surface area contributed by atoms with E-state index in [1.165, 1.54) is 19.2 Å². The number of benzene rings is 1. The summed E-state index contributed by atoms with van der Waals surface area (Å²) in [4.78, 5) is 26.0. The third kappa shape index (κ3) is 3.58. The number of hydrogen-bond acceptors (Lipinski definition) is 5. The molecule has 2 atom stereocenters. The highest BCUT2D eigenvalue weighted by atomic mass is 16.2. The highest BCUT2D eigenvalue weighted by Crippen LogP contribution is 2.41. The topological polar surface area (TPSA) is 93.0 Å². The Balaban J connectivity index is 1.36. The van der Waals surface area contributed by atoms with Gasteiger partial charge in [-0.25, -0.2) is 4.68 Å². The predicted octanol–water partition coefficient (Wildman–Crippen LogP) is 0.578. The van der Waals surface area contributed by atoms with Crippen molar-refractivity contribution in [2.24, 2.45) is 11.8 Å². The lowest BCUT2D eigenvalue weighted by Gasteiger charge is -2.19. The van der Waals surface area contributed by atoms with Gasteiger partial charge in [-0.1, -0.05) is 12.1 Å². The largest absolute Gasteiger partial charge is 0.351 e. The Morgan fingerprint density at radius 3 is 2.58 bits per heavy atom. The van der Waals surface area contributed by atoms with Gasteiger partial charge >= 0.3 is 0 Å². The Morgan fingerprint density at radius 1 is 1.19 bits per heavy atom. The minimum absolute atomic E-state index is 0.00113. The summed E-state index contributed by atoms with van der Waals surface area (Å²) in [6.45, 7) is 2.99. The van der Waals surface area contributed by atoms with Crippen molar-refractivity contribution in [3.63, 3.8) is 0 Å². The minimum Gasteiger partial charge on any atom is -0.351 e. The summed E-state index contributed by atoms with van der Waals surface area (Å²) in [6.07, 6.45) is 4.27. The van der Waals surface area contributed by atoms with Crippen LogP contribution in [0, 0.1) is 11.8 Å². The summed E-state index contributed by atoms with van der Waals surface area (Å²) in [5.41, 5.74) is 1.78. The zero-order valence-corrected chi connectivity index (χ0v) is 14.7. The number of carbonyl (C=O) groups excluding carboxylic acids is 2. The van der Waals surface area contributed by atoms with Crippen LogP contribution in [0.1, 0.15) is 25.3 Å². The van der Waals surface area contributed by atoms with Crippen LogP contribution in [0.2, 0.25) is 0 Å². The highest BCUT2D eigenvalue weighted by Gasteiger charge is 2.43. The molecule has 8 heteroatoms. The van der Waals surface area contributed by atoms with Gasteiger partial charge in [0.2, 0.25) is 11.8 Å². The summed E-state index contributed by atoms with van der Waals surface area (Å²) in [5, 5.41) is 14.2. The molecule has 1 aromatic heterocycles. The number of nitrogens with one attached hydrogen (secondary N) is 1. The van der Waals surface area contributed by atoms with Crippen LogP contribution in [0.3, 0.4) is 0 Å². The number of rotatable bonds is 5. The van der Waals surface area contributed by atoms with Crippen LogP contribution in [-0.2, 0) is 16.0 Å². The maximum absolute atomic E-state index is 12.5. The van der Waals surface area contributed by atoms with E-state index in [1.54, 1.807) is 11.6 Å².